The van der Waals surface area contributed by atoms with Gasteiger partial charge in [0.05, 0.1) is 13.2 Å². The Bertz CT molecular complexity index is 379. The normalized spacial score (nSPS) is 20.9. The quantitative estimate of drug-likeness (QED) is 0.766. The smallest absolute Gasteiger partial charge is 0.271 e. The highest BCUT2D eigenvalue weighted by molar-refractivity contribution is 5.89. The van der Waals surface area contributed by atoms with Crippen molar-refractivity contribution in [3.63, 3.8) is 0 Å². The van der Waals surface area contributed by atoms with E-state index in [9.17, 15) is 4.79 Å². The molecular formula is C9H12N4O2. The average molecular weight is 208 g/mol. The predicted octanol–water partition coefficient (Wildman–Crippen LogP) is 0.460. The number of carbonyl (C=O) groups is 1. The molecular weight excluding hydrogens is 196 g/mol. The summed E-state index contributed by atoms with van der Waals surface area (Å²) in [7, 11) is 0. The maximum atomic E-state index is 11.8. The maximum Gasteiger partial charge on any atom is 0.317 e. The van der Waals surface area contributed by atoms with Crippen LogP contribution in [0.15, 0.2) is 0 Å². The molecule has 1 saturated heterocycles. The van der Waals surface area contributed by atoms with Gasteiger partial charge >= 0.3 is 5.91 Å². The SMILES string of the molecule is O=C(c1n[nH]c(C2CC2)n1)N1CCCO1. The van der Waals surface area contributed by atoms with E-state index in [2.05, 4.69) is 15.2 Å². The summed E-state index contributed by atoms with van der Waals surface area (Å²) < 4.78 is 0. The highest BCUT2D eigenvalue weighted by atomic mass is 16.7. The fourth-order valence-corrected chi connectivity index (χ4v) is 1.63. The molecule has 0 bridgehead atoms. The second-order valence-electron chi connectivity index (χ2n) is 3.91. The Morgan fingerprint density at radius 1 is 1.53 bits per heavy atom. The van der Waals surface area contributed by atoms with Gasteiger partial charge in [-0.3, -0.25) is 14.7 Å². The van der Waals surface area contributed by atoms with Crippen molar-refractivity contribution in [3.05, 3.63) is 11.6 Å². The van der Waals surface area contributed by atoms with Crippen molar-refractivity contribution in [3.8, 4) is 0 Å². The van der Waals surface area contributed by atoms with Crippen molar-refractivity contribution in [2.24, 2.45) is 0 Å². The zero-order chi connectivity index (χ0) is 10.3. The van der Waals surface area contributed by atoms with Gasteiger partial charge in [-0.15, -0.1) is 5.10 Å². The Hall–Kier alpha value is -1.43. The summed E-state index contributed by atoms with van der Waals surface area (Å²) >= 11 is 0. The van der Waals surface area contributed by atoms with Gasteiger partial charge in [0.1, 0.15) is 5.82 Å². The fraction of sp³-hybridized carbons (Fsp3) is 0.667. The van der Waals surface area contributed by atoms with Gasteiger partial charge in [0, 0.05) is 5.92 Å². The van der Waals surface area contributed by atoms with Crippen molar-refractivity contribution < 1.29 is 9.63 Å². The van der Waals surface area contributed by atoms with Crippen molar-refractivity contribution in [2.45, 2.75) is 25.2 Å². The lowest BCUT2D eigenvalue weighted by Crippen LogP contribution is -2.27. The van der Waals surface area contributed by atoms with Gasteiger partial charge in [0.25, 0.3) is 0 Å². The molecule has 1 aliphatic carbocycles. The number of nitrogens with zero attached hydrogens (tertiary/aromatic N) is 3. The van der Waals surface area contributed by atoms with E-state index in [0.29, 0.717) is 19.1 Å². The molecule has 0 radical (unpaired) electrons. The van der Waals surface area contributed by atoms with Crippen LogP contribution >= 0.6 is 0 Å². The number of aromatic nitrogens is 3. The molecule has 0 atom stereocenters. The van der Waals surface area contributed by atoms with Gasteiger partial charge in [-0.25, -0.2) is 10.0 Å². The Morgan fingerprint density at radius 2 is 2.40 bits per heavy atom. The summed E-state index contributed by atoms with van der Waals surface area (Å²) in [5.41, 5.74) is 0. The highest BCUT2D eigenvalue weighted by Crippen LogP contribution is 2.37. The highest BCUT2D eigenvalue weighted by Gasteiger charge is 2.30. The summed E-state index contributed by atoms with van der Waals surface area (Å²) in [5.74, 6) is 1.30. The van der Waals surface area contributed by atoms with Gasteiger partial charge < -0.3 is 0 Å². The number of aromatic amines is 1. The predicted molar refractivity (Wildman–Crippen MR) is 50.0 cm³/mol. The number of hydrogen-bond acceptors (Lipinski definition) is 4. The number of carbonyl (C=O) groups excluding carboxylic acids is 1. The fourth-order valence-electron chi connectivity index (χ4n) is 1.63. The molecule has 2 aliphatic rings. The lowest BCUT2D eigenvalue weighted by molar-refractivity contribution is -0.0775. The largest absolute Gasteiger partial charge is 0.317 e. The summed E-state index contributed by atoms with van der Waals surface area (Å²) in [5, 5.41) is 8.06. The molecule has 1 amide bonds. The van der Waals surface area contributed by atoms with Gasteiger partial charge in [-0.05, 0) is 19.3 Å². The minimum atomic E-state index is -0.240. The third-order valence-electron chi connectivity index (χ3n) is 2.64. The van der Waals surface area contributed by atoms with E-state index in [-0.39, 0.29) is 11.7 Å². The lowest BCUT2D eigenvalue weighted by Gasteiger charge is -2.10. The van der Waals surface area contributed by atoms with Crippen LogP contribution < -0.4 is 0 Å². The van der Waals surface area contributed by atoms with Gasteiger partial charge in [-0.2, -0.15) is 0 Å². The van der Waals surface area contributed by atoms with E-state index in [4.69, 9.17) is 4.84 Å². The third kappa shape index (κ3) is 1.61. The van der Waals surface area contributed by atoms with Crippen LogP contribution in [0.3, 0.4) is 0 Å². The molecule has 3 rings (SSSR count). The van der Waals surface area contributed by atoms with Crippen molar-refractivity contribution in [2.75, 3.05) is 13.2 Å². The first-order valence-electron chi connectivity index (χ1n) is 5.21. The van der Waals surface area contributed by atoms with E-state index in [0.717, 1.165) is 25.1 Å². The summed E-state index contributed by atoms with van der Waals surface area (Å²) in [6, 6.07) is 0. The Balaban J connectivity index is 1.75. The number of H-pyrrole nitrogens is 1. The van der Waals surface area contributed by atoms with E-state index >= 15 is 0 Å². The molecule has 1 aliphatic heterocycles. The standard InChI is InChI=1S/C9H12N4O2/c14-9(13-4-1-5-15-13)8-10-7(11-12-8)6-2-3-6/h6H,1-5H2,(H,10,11,12). The van der Waals surface area contributed by atoms with Crippen molar-refractivity contribution in [1.82, 2.24) is 20.2 Å². The lowest BCUT2D eigenvalue weighted by atomic mass is 10.4. The second kappa shape index (κ2) is 3.30. The minimum Gasteiger partial charge on any atom is -0.271 e. The van der Waals surface area contributed by atoms with Crippen LogP contribution in [0.5, 0.6) is 0 Å². The Morgan fingerprint density at radius 3 is 3.07 bits per heavy atom. The number of nitrogens with one attached hydrogen (secondary N) is 1. The summed E-state index contributed by atoms with van der Waals surface area (Å²) in [6.07, 6.45) is 3.16. The van der Waals surface area contributed by atoms with E-state index in [1.807, 2.05) is 0 Å². The molecule has 1 aromatic rings. The van der Waals surface area contributed by atoms with Crippen LogP contribution in [0.1, 0.15) is 41.6 Å². The van der Waals surface area contributed by atoms with Crippen molar-refractivity contribution in [1.29, 1.82) is 0 Å². The van der Waals surface area contributed by atoms with Crippen LogP contribution in [0.25, 0.3) is 0 Å². The van der Waals surface area contributed by atoms with Crippen LogP contribution in [-0.4, -0.2) is 39.3 Å². The third-order valence-corrected chi connectivity index (χ3v) is 2.64. The molecule has 2 fully saturated rings. The van der Waals surface area contributed by atoms with E-state index in [1.54, 1.807) is 0 Å². The van der Waals surface area contributed by atoms with E-state index < -0.39 is 0 Å². The second-order valence-corrected chi connectivity index (χ2v) is 3.91. The topological polar surface area (TPSA) is 71.1 Å². The van der Waals surface area contributed by atoms with Crippen LogP contribution in [0, 0.1) is 0 Å². The first kappa shape index (κ1) is 8.84. The zero-order valence-corrected chi connectivity index (χ0v) is 8.27. The molecule has 1 N–H and O–H groups in total. The molecule has 1 saturated carbocycles. The molecule has 15 heavy (non-hydrogen) atoms. The van der Waals surface area contributed by atoms with Gasteiger partial charge in [0.15, 0.2) is 0 Å². The number of hydrogen-bond donors (Lipinski definition) is 1. The minimum absolute atomic E-state index is 0.221. The molecule has 6 heteroatoms. The maximum absolute atomic E-state index is 11.8. The monoisotopic (exact) mass is 208 g/mol. The van der Waals surface area contributed by atoms with Gasteiger partial charge in [-0.1, -0.05) is 0 Å². The molecule has 0 unspecified atom stereocenters. The molecule has 6 nitrogen and oxygen atoms in total. The average Bonchev–Trinajstić information content (AvgIpc) is 2.83. The van der Waals surface area contributed by atoms with Crippen LogP contribution in [-0.2, 0) is 4.84 Å². The Labute approximate surface area is 86.6 Å². The van der Waals surface area contributed by atoms with Crippen LogP contribution in [0.4, 0.5) is 0 Å². The molecule has 1 aromatic heterocycles. The van der Waals surface area contributed by atoms with E-state index in [1.165, 1.54) is 5.06 Å². The molecule has 0 aromatic carbocycles. The molecule has 2 heterocycles. The first-order chi connectivity index (χ1) is 7.34. The number of hydroxylamine groups is 2. The summed E-state index contributed by atoms with van der Waals surface area (Å²) in [4.78, 5) is 21.1. The first-order valence-corrected chi connectivity index (χ1v) is 5.21. The van der Waals surface area contributed by atoms with Crippen molar-refractivity contribution >= 4 is 5.91 Å². The van der Waals surface area contributed by atoms with Crippen LogP contribution in [0.2, 0.25) is 0 Å². The Kier molecular flexibility index (Phi) is 1.95. The summed E-state index contributed by atoms with van der Waals surface area (Å²) in [6.45, 7) is 1.23. The zero-order valence-electron chi connectivity index (χ0n) is 8.27. The molecule has 80 valence electrons. The number of rotatable bonds is 2. The molecule has 0 spiro atoms. The number of amides is 1. The van der Waals surface area contributed by atoms with Gasteiger partial charge in [0.2, 0.25) is 5.82 Å².